The molecule has 1 aromatic heterocycles. The number of aromatic nitrogens is 2. The van der Waals surface area contributed by atoms with Crippen molar-refractivity contribution >= 4 is 17.7 Å². The van der Waals surface area contributed by atoms with Gasteiger partial charge in [-0.15, -0.1) is 0 Å². The Morgan fingerprint density at radius 3 is 2.45 bits per heavy atom. The van der Waals surface area contributed by atoms with E-state index in [0.717, 1.165) is 71.4 Å². The highest BCUT2D eigenvalue weighted by atomic mass is 32.2. The lowest BCUT2D eigenvalue weighted by Crippen LogP contribution is -2.53. The van der Waals surface area contributed by atoms with E-state index in [4.69, 9.17) is 4.98 Å². The number of thioether (sulfide) groups is 1. The number of carbonyl (C=O) groups is 1. The van der Waals surface area contributed by atoms with Gasteiger partial charge in [-0.05, 0) is 80.5 Å². The summed E-state index contributed by atoms with van der Waals surface area (Å²) in [4.78, 5) is 18.2. The number of hydrogen-bond donors (Lipinski definition) is 1. The van der Waals surface area contributed by atoms with E-state index in [1.807, 2.05) is 0 Å². The Balaban J connectivity index is 1.26. The maximum absolute atomic E-state index is 13.4. The molecule has 29 heavy (non-hydrogen) atoms. The zero-order chi connectivity index (χ0) is 19.6. The van der Waals surface area contributed by atoms with E-state index >= 15 is 0 Å². The van der Waals surface area contributed by atoms with Crippen LogP contribution in [-0.4, -0.2) is 21.2 Å². The summed E-state index contributed by atoms with van der Waals surface area (Å²) in [5.41, 5.74) is 2.70. The van der Waals surface area contributed by atoms with Crippen molar-refractivity contribution in [3.63, 3.8) is 0 Å². The van der Waals surface area contributed by atoms with E-state index < -0.39 is 0 Å². The first kappa shape index (κ1) is 18.0. The highest BCUT2D eigenvalue weighted by molar-refractivity contribution is 7.99. The van der Waals surface area contributed by atoms with Crippen LogP contribution in [0.1, 0.15) is 44.2 Å². The van der Waals surface area contributed by atoms with Gasteiger partial charge in [0.15, 0.2) is 5.16 Å². The molecule has 4 fully saturated rings. The van der Waals surface area contributed by atoms with Crippen LogP contribution in [0.5, 0.6) is 0 Å². The average Bonchev–Trinajstić information content (AvgIpc) is 3.27. The second-order valence-electron chi connectivity index (χ2n) is 9.58. The average molecular weight is 412 g/mol. The zero-order valence-electron chi connectivity index (χ0n) is 16.5. The van der Waals surface area contributed by atoms with Gasteiger partial charge in [-0.1, -0.05) is 11.8 Å². The van der Waals surface area contributed by atoms with Crippen molar-refractivity contribution in [2.75, 3.05) is 5.75 Å². The third-order valence-corrected chi connectivity index (χ3v) is 8.59. The van der Waals surface area contributed by atoms with Gasteiger partial charge < -0.3 is 9.88 Å². The molecule has 4 saturated carbocycles. The zero-order valence-corrected chi connectivity index (χ0v) is 17.3. The van der Waals surface area contributed by atoms with Crippen LogP contribution < -0.4 is 5.32 Å². The van der Waals surface area contributed by atoms with Crippen molar-refractivity contribution in [2.45, 2.75) is 56.8 Å². The number of imidazole rings is 1. The molecule has 0 atom stereocenters. The number of rotatable bonds is 4. The molecule has 5 aliphatic rings. The van der Waals surface area contributed by atoms with Crippen LogP contribution in [0.3, 0.4) is 0 Å². The molecule has 1 aliphatic heterocycles. The van der Waals surface area contributed by atoms with Crippen molar-refractivity contribution in [3.8, 4) is 11.3 Å². The summed E-state index contributed by atoms with van der Waals surface area (Å²) in [6.07, 6.45) is 7.26. The molecule has 1 aromatic carbocycles. The smallest absolute Gasteiger partial charge is 0.226 e. The highest BCUT2D eigenvalue weighted by Crippen LogP contribution is 2.60. The number of nitrogens with one attached hydrogen (secondary N) is 1. The fourth-order valence-corrected chi connectivity index (χ4v) is 7.76. The van der Waals surface area contributed by atoms with E-state index in [2.05, 4.69) is 9.88 Å². The van der Waals surface area contributed by atoms with E-state index in [0.29, 0.717) is 6.54 Å². The van der Waals surface area contributed by atoms with Crippen molar-refractivity contribution in [2.24, 2.45) is 23.2 Å². The van der Waals surface area contributed by atoms with Gasteiger partial charge in [0.2, 0.25) is 5.91 Å². The quantitative estimate of drug-likeness (QED) is 0.798. The van der Waals surface area contributed by atoms with Gasteiger partial charge in [0, 0.05) is 23.3 Å². The number of benzene rings is 1. The molecule has 4 aliphatic carbocycles. The number of halogens is 1. The van der Waals surface area contributed by atoms with Crippen LogP contribution in [0.15, 0.2) is 29.4 Å². The Morgan fingerprint density at radius 2 is 1.79 bits per heavy atom. The molecule has 4 nitrogen and oxygen atoms in total. The van der Waals surface area contributed by atoms with Crippen LogP contribution in [0.4, 0.5) is 4.39 Å². The van der Waals surface area contributed by atoms with Crippen LogP contribution in [0, 0.1) is 29.0 Å². The molecule has 2 aromatic rings. The monoisotopic (exact) mass is 411 g/mol. The Kier molecular flexibility index (Phi) is 4.09. The first-order valence-electron chi connectivity index (χ1n) is 10.9. The Bertz CT molecular complexity index is 932. The SMILES string of the molecule is O=C(NCc1c(-c2ccc(F)cc2)nc2n1CCS2)C12CC3CC(CC(C3)C1)C2. The standard InChI is InChI=1S/C23H26FN3OS/c24-18-3-1-17(2-4-18)20-19(27-5-6-29-22(27)26-20)13-25-21(28)23-10-14-7-15(11-23)9-16(8-14)12-23/h1-4,14-16H,5-13H2,(H,25,28). The number of fused-ring (bicyclic) bond motifs is 1. The van der Waals surface area contributed by atoms with Gasteiger partial charge >= 0.3 is 0 Å². The van der Waals surface area contributed by atoms with Gasteiger partial charge in [-0.3, -0.25) is 4.79 Å². The van der Waals surface area contributed by atoms with Gasteiger partial charge in [0.1, 0.15) is 5.82 Å². The minimum Gasteiger partial charge on any atom is -0.350 e. The van der Waals surface area contributed by atoms with Crippen LogP contribution in [-0.2, 0) is 17.9 Å². The second-order valence-corrected chi connectivity index (χ2v) is 10.6. The van der Waals surface area contributed by atoms with E-state index in [1.54, 1.807) is 23.9 Å². The topological polar surface area (TPSA) is 46.9 Å². The summed E-state index contributed by atoms with van der Waals surface area (Å²) >= 11 is 1.75. The van der Waals surface area contributed by atoms with Crippen molar-refractivity contribution in [3.05, 3.63) is 35.8 Å². The van der Waals surface area contributed by atoms with Gasteiger partial charge in [-0.2, -0.15) is 0 Å². The van der Waals surface area contributed by atoms with E-state index in [9.17, 15) is 9.18 Å². The molecule has 0 radical (unpaired) electrons. The predicted molar refractivity (Wildman–Crippen MR) is 111 cm³/mol. The third kappa shape index (κ3) is 2.94. The second kappa shape index (κ2) is 6.59. The molecular formula is C23H26FN3OS. The molecule has 1 N–H and O–H groups in total. The van der Waals surface area contributed by atoms with Gasteiger partial charge in [0.05, 0.1) is 17.9 Å². The van der Waals surface area contributed by atoms with Crippen molar-refractivity contribution in [1.29, 1.82) is 0 Å². The third-order valence-electron chi connectivity index (χ3n) is 7.64. The van der Waals surface area contributed by atoms with E-state index in [-0.39, 0.29) is 17.1 Å². The molecule has 0 saturated heterocycles. The van der Waals surface area contributed by atoms with Gasteiger partial charge in [0.25, 0.3) is 0 Å². The number of nitrogens with zero attached hydrogens (tertiary/aromatic N) is 2. The fraction of sp³-hybridized carbons (Fsp3) is 0.565. The molecule has 7 rings (SSSR count). The van der Waals surface area contributed by atoms with Crippen LogP contribution in [0.25, 0.3) is 11.3 Å². The lowest BCUT2D eigenvalue weighted by molar-refractivity contribution is -0.146. The lowest BCUT2D eigenvalue weighted by atomic mass is 9.49. The summed E-state index contributed by atoms with van der Waals surface area (Å²) in [6, 6.07) is 6.51. The summed E-state index contributed by atoms with van der Waals surface area (Å²) in [5, 5.41) is 4.31. The minimum absolute atomic E-state index is 0.132. The molecule has 0 unspecified atom stereocenters. The Labute approximate surface area is 174 Å². The Hall–Kier alpha value is -1.82. The summed E-state index contributed by atoms with van der Waals surface area (Å²) in [7, 11) is 0. The molecule has 152 valence electrons. The molecule has 1 amide bonds. The summed E-state index contributed by atoms with van der Waals surface area (Å²) in [6.45, 7) is 1.41. The maximum atomic E-state index is 13.4. The minimum atomic E-state index is -0.244. The van der Waals surface area contributed by atoms with Crippen LogP contribution >= 0.6 is 11.8 Å². The lowest BCUT2D eigenvalue weighted by Gasteiger charge is -2.55. The largest absolute Gasteiger partial charge is 0.350 e. The molecule has 0 spiro atoms. The first-order chi connectivity index (χ1) is 14.1. The predicted octanol–water partition coefficient (Wildman–Crippen LogP) is 4.63. The molecule has 2 heterocycles. The number of carbonyl (C=O) groups excluding carboxylic acids is 1. The summed E-state index contributed by atoms with van der Waals surface area (Å²) < 4.78 is 15.6. The maximum Gasteiger partial charge on any atom is 0.226 e. The number of amides is 1. The summed E-state index contributed by atoms with van der Waals surface area (Å²) in [5.74, 6) is 3.31. The molecule has 4 bridgehead atoms. The Morgan fingerprint density at radius 1 is 1.14 bits per heavy atom. The first-order valence-corrected chi connectivity index (χ1v) is 11.8. The molecule has 6 heteroatoms. The fourth-order valence-electron chi connectivity index (χ4n) is 6.79. The normalized spacial score (nSPS) is 31.8. The highest BCUT2D eigenvalue weighted by Gasteiger charge is 2.54. The molecular weight excluding hydrogens is 385 g/mol. The number of hydrogen-bond acceptors (Lipinski definition) is 3. The van der Waals surface area contributed by atoms with Gasteiger partial charge in [-0.25, -0.2) is 9.37 Å². The van der Waals surface area contributed by atoms with Crippen LogP contribution in [0.2, 0.25) is 0 Å². The van der Waals surface area contributed by atoms with Crippen molar-refractivity contribution < 1.29 is 9.18 Å². The van der Waals surface area contributed by atoms with Crippen molar-refractivity contribution in [1.82, 2.24) is 14.9 Å². The van der Waals surface area contributed by atoms with E-state index in [1.165, 1.54) is 31.4 Å².